The van der Waals surface area contributed by atoms with Crippen LogP contribution >= 0.6 is 0 Å². The molecule has 1 atom stereocenters. The third-order valence-corrected chi connectivity index (χ3v) is 4.17. The van der Waals surface area contributed by atoms with Gasteiger partial charge in [0, 0.05) is 19.2 Å². The largest absolute Gasteiger partial charge is 0.334 e. The Morgan fingerprint density at radius 3 is 2.52 bits per heavy atom. The molecule has 0 aliphatic carbocycles. The first kappa shape index (κ1) is 17.2. The molecular weight excluding hydrogens is 293 g/mol. The highest BCUT2D eigenvalue weighted by Crippen LogP contribution is 2.24. The van der Waals surface area contributed by atoms with Gasteiger partial charge in [-0.25, -0.2) is 4.39 Å². The minimum Gasteiger partial charge on any atom is -0.334 e. The van der Waals surface area contributed by atoms with Crippen LogP contribution in [0.1, 0.15) is 61.4 Å². The van der Waals surface area contributed by atoms with Crippen LogP contribution in [0.15, 0.2) is 30.3 Å². The number of halogens is 1. The second-order valence-electron chi connectivity index (χ2n) is 6.04. The van der Waals surface area contributed by atoms with E-state index in [0.717, 1.165) is 5.69 Å². The molecule has 1 heterocycles. The number of benzene rings is 1. The molecule has 0 aliphatic heterocycles. The molecule has 124 valence electrons. The highest BCUT2D eigenvalue weighted by molar-refractivity contribution is 5.92. The molecule has 0 radical (unpaired) electrons. The number of aromatic nitrogens is 2. The van der Waals surface area contributed by atoms with Gasteiger partial charge in [-0.15, -0.1) is 0 Å². The van der Waals surface area contributed by atoms with Gasteiger partial charge >= 0.3 is 0 Å². The molecule has 0 fully saturated rings. The van der Waals surface area contributed by atoms with Crippen LogP contribution in [0.4, 0.5) is 4.39 Å². The third kappa shape index (κ3) is 3.44. The Hall–Kier alpha value is -2.17. The lowest BCUT2D eigenvalue weighted by molar-refractivity contribution is 0.0728. The summed E-state index contributed by atoms with van der Waals surface area (Å²) in [4.78, 5) is 14.4. The maximum absolute atomic E-state index is 14.0. The van der Waals surface area contributed by atoms with Crippen molar-refractivity contribution in [2.45, 2.75) is 46.2 Å². The van der Waals surface area contributed by atoms with Crippen LogP contribution < -0.4 is 0 Å². The van der Waals surface area contributed by atoms with E-state index in [1.165, 1.54) is 6.07 Å². The summed E-state index contributed by atoms with van der Waals surface area (Å²) in [6.45, 7) is 8.49. The van der Waals surface area contributed by atoms with E-state index in [4.69, 9.17) is 0 Å². The molecule has 0 N–H and O–H groups in total. The molecule has 23 heavy (non-hydrogen) atoms. The zero-order valence-electron chi connectivity index (χ0n) is 14.4. The van der Waals surface area contributed by atoms with Crippen molar-refractivity contribution in [1.29, 1.82) is 0 Å². The summed E-state index contributed by atoms with van der Waals surface area (Å²) in [7, 11) is 1.70. The van der Waals surface area contributed by atoms with Crippen molar-refractivity contribution in [2.24, 2.45) is 0 Å². The summed E-state index contributed by atoms with van der Waals surface area (Å²) in [6.07, 6.45) is 0. The molecule has 1 amide bonds. The predicted octanol–water partition coefficient (Wildman–Crippen LogP) is 4.00. The minimum atomic E-state index is -0.355. The van der Waals surface area contributed by atoms with Gasteiger partial charge in [-0.2, -0.15) is 5.10 Å². The van der Waals surface area contributed by atoms with Gasteiger partial charge in [0.15, 0.2) is 0 Å². The smallest absolute Gasteiger partial charge is 0.272 e. The third-order valence-electron chi connectivity index (χ3n) is 4.17. The molecule has 1 unspecified atom stereocenters. The Kier molecular flexibility index (Phi) is 5.19. The molecule has 1 aromatic heterocycles. The van der Waals surface area contributed by atoms with Crippen LogP contribution in [-0.2, 0) is 6.54 Å². The highest BCUT2D eigenvalue weighted by Gasteiger charge is 2.24. The maximum atomic E-state index is 14.0. The van der Waals surface area contributed by atoms with E-state index in [1.807, 2.05) is 33.8 Å². The minimum absolute atomic E-state index is 0.151. The van der Waals surface area contributed by atoms with E-state index < -0.39 is 0 Å². The fraction of sp³-hybridized carbons (Fsp3) is 0.444. The van der Waals surface area contributed by atoms with Crippen LogP contribution in [0.2, 0.25) is 0 Å². The van der Waals surface area contributed by atoms with Gasteiger partial charge in [0.1, 0.15) is 11.5 Å². The van der Waals surface area contributed by atoms with E-state index >= 15 is 0 Å². The Labute approximate surface area is 136 Å². The number of rotatable bonds is 5. The Bertz CT molecular complexity index is 693. The summed E-state index contributed by atoms with van der Waals surface area (Å²) in [5.74, 6) is -0.197. The Morgan fingerprint density at radius 1 is 1.30 bits per heavy atom. The number of hydrogen-bond donors (Lipinski definition) is 0. The first-order chi connectivity index (χ1) is 10.9. The summed E-state index contributed by atoms with van der Waals surface area (Å²) in [6, 6.07) is 8.03. The SMILES string of the molecule is CCn1nc(C(C)C)cc1C(=O)N(C)C(C)c1ccccc1F. The van der Waals surface area contributed by atoms with Crippen LogP contribution in [0.25, 0.3) is 0 Å². The monoisotopic (exact) mass is 317 g/mol. The van der Waals surface area contributed by atoms with Crippen molar-refractivity contribution >= 4 is 5.91 Å². The molecule has 2 aromatic rings. The fourth-order valence-corrected chi connectivity index (χ4v) is 2.51. The highest BCUT2D eigenvalue weighted by atomic mass is 19.1. The molecule has 2 rings (SSSR count). The second-order valence-corrected chi connectivity index (χ2v) is 6.04. The molecule has 0 aliphatic rings. The molecule has 5 heteroatoms. The number of amides is 1. The van der Waals surface area contributed by atoms with Crippen molar-refractivity contribution in [1.82, 2.24) is 14.7 Å². The van der Waals surface area contributed by atoms with Gasteiger partial charge in [-0.3, -0.25) is 9.48 Å². The summed E-state index contributed by atoms with van der Waals surface area (Å²) < 4.78 is 15.7. The van der Waals surface area contributed by atoms with Crippen molar-refractivity contribution in [3.63, 3.8) is 0 Å². The predicted molar refractivity (Wildman–Crippen MR) is 88.9 cm³/mol. The van der Waals surface area contributed by atoms with Crippen LogP contribution in [0, 0.1) is 5.82 Å². The van der Waals surface area contributed by atoms with Crippen molar-refractivity contribution in [3.05, 3.63) is 53.1 Å². The standard InChI is InChI=1S/C18H24FN3O/c1-6-22-17(11-16(20-22)12(2)3)18(23)21(5)13(4)14-9-7-8-10-15(14)19/h7-13H,6H2,1-5H3. The zero-order chi connectivity index (χ0) is 17.1. The molecule has 0 saturated carbocycles. The average Bonchev–Trinajstić information content (AvgIpc) is 2.97. The van der Waals surface area contributed by atoms with Gasteiger partial charge in [0.05, 0.1) is 11.7 Å². The van der Waals surface area contributed by atoms with Crippen molar-refractivity contribution < 1.29 is 9.18 Å². The first-order valence-electron chi connectivity index (χ1n) is 7.96. The lowest BCUT2D eigenvalue weighted by Crippen LogP contribution is -2.31. The van der Waals surface area contributed by atoms with Crippen LogP contribution in [-0.4, -0.2) is 27.6 Å². The molecule has 4 nitrogen and oxygen atoms in total. The van der Waals surface area contributed by atoms with Gasteiger partial charge in [-0.1, -0.05) is 32.0 Å². The number of aryl methyl sites for hydroxylation is 1. The van der Waals surface area contributed by atoms with E-state index in [-0.39, 0.29) is 23.7 Å². The number of nitrogens with zero attached hydrogens (tertiary/aromatic N) is 3. The fourth-order valence-electron chi connectivity index (χ4n) is 2.51. The summed E-state index contributed by atoms with van der Waals surface area (Å²) in [5.41, 5.74) is 1.94. The van der Waals surface area contributed by atoms with Crippen LogP contribution in [0.3, 0.4) is 0 Å². The zero-order valence-corrected chi connectivity index (χ0v) is 14.4. The topological polar surface area (TPSA) is 38.1 Å². The Balaban J connectivity index is 2.31. The number of carbonyl (C=O) groups is 1. The van der Waals surface area contributed by atoms with Gasteiger partial charge in [0.2, 0.25) is 0 Å². The van der Waals surface area contributed by atoms with E-state index in [1.54, 1.807) is 34.8 Å². The normalized spacial score (nSPS) is 12.5. The van der Waals surface area contributed by atoms with Crippen molar-refractivity contribution in [3.8, 4) is 0 Å². The van der Waals surface area contributed by atoms with Gasteiger partial charge < -0.3 is 4.90 Å². The van der Waals surface area contributed by atoms with E-state index in [2.05, 4.69) is 5.10 Å². The van der Waals surface area contributed by atoms with Crippen molar-refractivity contribution in [2.75, 3.05) is 7.05 Å². The summed E-state index contributed by atoms with van der Waals surface area (Å²) >= 11 is 0. The van der Waals surface area contributed by atoms with E-state index in [0.29, 0.717) is 17.8 Å². The van der Waals surface area contributed by atoms with Gasteiger partial charge in [0.25, 0.3) is 5.91 Å². The number of carbonyl (C=O) groups excluding carboxylic acids is 1. The number of hydrogen-bond acceptors (Lipinski definition) is 2. The molecular formula is C18H24FN3O. The van der Waals surface area contributed by atoms with Gasteiger partial charge in [-0.05, 0) is 31.9 Å². The molecule has 0 spiro atoms. The average molecular weight is 317 g/mol. The first-order valence-corrected chi connectivity index (χ1v) is 7.96. The van der Waals surface area contributed by atoms with Crippen LogP contribution in [0.5, 0.6) is 0 Å². The molecule has 1 aromatic carbocycles. The lowest BCUT2D eigenvalue weighted by atomic mass is 10.1. The van der Waals surface area contributed by atoms with E-state index in [9.17, 15) is 9.18 Å². The molecule has 0 saturated heterocycles. The second kappa shape index (κ2) is 6.94. The molecule has 0 bridgehead atoms. The lowest BCUT2D eigenvalue weighted by Gasteiger charge is -2.25. The Morgan fingerprint density at radius 2 is 1.96 bits per heavy atom. The quantitative estimate of drug-likeness (QED) is 0.836. The maximum Gasteiger partial charge on any atom is 0.272 e. The summed E-state index contributed by atoms with van der Waals surface area (Å²) in [5, 5.41) is 4.48.